The molecule has 0 saturated carbocycles. The van der Waals surface area contributed by atoms with Crippen LogP contribution in [0.3, 0.4) is 0 Å². The molecule has 1 aromatic carbocycles. The van der Waals surface area contributed by atoms with Gasteiger partial charge in [0.05, 0.1) is 18.2 Å². The van der Waals surface area contributed by atoms with Crippen molar-refractivity contribution in [3.05, 3.63) is 32.7 Å². The highest BCUT2D eigenvalue weighted by molar-refractivity contribution is 9.11. The van der Waals surface area contributed by atoms with Crippen LogP contribution < -0.4 is 5.32 Å². The van der Waals surface area contributed by atoms with E-state index in [4.69, 9.17) is 5.11 Å². The molecule has 0 aliphatic rings. The van der Waals surface area contributed by atoms with Gasteiger partial charge >= 0.3 is 0 Å². The average molecular weight is 351 g/mol. The normalized spacial score (nSPS) is 12.2. The van der Waals surface area contributed by atoms with E-state index < -0.39 is 0 Å². The van der Waals surface area contributed by atoms with Crippen LogP contribution in [-0.2, 0) is 0 Å². The number of benzene rings is 1. The highest BCUT2D eigenvalue weighted by atomic mass is 79.9. The lowest BCUT2D eigenvalue weighted by Crippen LogP contribution is -2.37. The van der Waals surface area contributed by atoms with Gasteiger partial charge in [-0.3, -0.25) is 4.79 Å². The van der Waals surface area contributed by atoms with Crippen molar-refractivity contribution < 1.29 is 9.90 Å². The second-order valence-electron chi connectivity index (χ2n) is 3.39. The zero-order valence-electron chi connectivity index (χ0n) is 8.84. The SMILES string of the molecule is CC[C@@H](CO)NC(=O)c1cc(Br)ccc1Br. The first-order chi connectivity index (χ1) is 7.58. The van der Waals surface area contributed by atoms with Crippen LogP contribution in [0.4, 0.5) is 0 Å². The molecule has 5 heteroatoms. The van der Waals surface area contributed by atoms with Crippen molar-refractivity contribution in [2.75, 3.05) is 6.61 Å². The predicted molar refractivity (Wildman–Crippen MR) is 70.5 cm³/mol. The molecule has 0 aromatic heterocycles. The van der Waals surface area contributed by atoms with Gasteiger partial charge in [0, 0.05) is 8.95 Å². The third kappa shape index (κ3) is 3.57. The van der Waals surface area contributed by atoms with Crippen LogP contribution in [0.25, 0.3) is 0 Å². The van der Waals surface area contributed by atoms with Crippen molar-refractivity contribution >= 4 is 37.8 Å². The van der Waals surface area contributed by atoms with Gasteiger partial charge in [-0.2, -0.15) is 0 Å². The highest BCUT2D eigenvalue weighted by Crippen LogP contribution is 2.21. The van der Waals surface area contributed by atoms with E-state index >= 15 is 0 Å². The number of halogens is 2. The summed E-state index contributed by atoms with van der Waals surface area (Å²) in [6.45, 7) is 1.87. The van der Waals surface area contributed by atoms with Crippen LogP contribution in [0.5, 0.6) is 0 Å². The summed E-state index contributed by atoms with van der Waals surface area (Å²) in [5.74, 6) is -0.186. The molecule has 0 spiro atoms. The molecule has 0 heterocycles. The largest absolute Gasteiger partial charge is 0.394 e. The minimum absolute atomic E-state index is 0.0478. The fourth-order valence-corrected chi connectivity index (χ4v) is 2.00. The maximum atomic E-state index is 11.9. The van der Waals surface area contributed by atoms with Crippen molar-refractivity contribution in [2.24, 2.45) is 0 Å². The monoisotopic (exact) mass is 349 g/mol. The van der Waals surface area contributed by atoms with Gasteiger partial charge in [-0.15, -0.1) is 0 Å². The summed E-state index contributed by atoms with van der Waals surface area (Å²) in [6, 6.07) is 5.20. The van der Waals surface area contributed by atoms with E-state index in [2.05, 4.69) is 37.2 Å². The molecule has 88 valence electrons. The summed E-state index contributed by atoms with van der Waals surface area (Å²) >= 11 is 6.64. The van der Waals surface area contributed by atoms with Gasteiger partial charge in [-0.25, -0.2) is 0 Å². The fraction of sp³-hybridized carbons (Fsp3) is 0.364. The molecule has 2 N–H and O–H groups in total. The summed E-state index contributed by atoms with van der Waals surface area (Å²) in [5, 5.41) is 11.8. The van der Waals surface area contributed by atoms with Gasteiger partial charge in [0.1, 0.15) is 0 Å². The van der Waals surface area contributed by atoms with Crippen molar-refractivity contribution in [2.45, 2.75) is 19.4 Å². The molecule has 1 amide bonds. The van der Waals surface area contributed by atoms with E-state index in [9.17, 15) is 4.79 Å². The van der Waals surface area contributed by atoms with Crippen molar-refractivity contribution in [3.63, 3.8) is 0 Å². The first-order valence-electron chi connectivity index (χ1n) is 4.95. The Hall–Kier alpha value is -0.390. The van der Waals surface area contributed by atoms with Crippen LogP contribution in [0.1, 0.15) is 23.7 Å². The van der Waals surface area contributed by atoms with E-state index in [1.807, 2.05) is 13.0 Å². The Morgan fingerprint density at radius 2 is 2.19 bits per heavy atom. The molecule has 0 radical (unpaired) electrons. The highest BCUT2D eigenvalue weighted by Gasteiger charge is 2.14. The Bertz CT molecular complexity index is 378. The quantitative estimate of drug-likeness (QED) is 0.877. The standard InChI is InChI=1S/C11H13Br2NO2/c1-2-8(6-15)14-11(16)9-5-7(12)3-4-10(9)13/h3-5,8,15H,2,6H2,1H3,(H,14,16)/t8-/m0/s1. The molecule has 0 saturated heterocycles. The van der Waals surface area contributed by atoms with Gasteiger partial charge < -0.3 is 10.4 Å². The van der Waals surface area contributed by atoms with Crippen molar-refractivity contribution in [1.29, 1.82) is 0 Å². The molecule has 0 fully saturated rings. The minimum atomic E-state index is -0.196. The van der Waals surface area contributed by atoms with Gasteiger partial charge in [-0.1, -0.05) is 22.9 Å². The Morgan fingerprint density at radius 3 is 2.75 bits per heavy atom. The summed E-state index contributed by atoms with van der Waals surface area (Å²) < 4.78 is 1.58. The number of carbonyl (C=O) groups excluding carboxylic acids is 1. The number of carbonyl (C=O) groups is 1. The smallest absolute Gasteiger partial charge is 0.252 e. The first kappa shape index (κ1) is 13.7. The summed E-state index contributed by atoms with van der Waals surface area (Å²) in [5.41, 5.74) is 0.557. The van der Waals surface area contributed by atoms with Gasteiger partial charge in [-0.05, 0) is 40.5 Å². The first-order valence-corrected chi connectivity index (χ1v) is 6.53. The molecule has 0 aliphatic carbocycles. The zero-order chi connectivity index (χ0) is 12.1. The number of rotatable bonds is 4. The van der Waals surface area contributed by atoms with Crippen LogP contribution in [0.15, 0.2) is 27.1 Å². The van der Waals surface area contributed by atoms with E-state index in [0.717, 1.165) is 8.95 Å². The number of amides is 1. The van der Waals surface area contributed by atoms with E-state index in [1.54, 1.807) is 12.1 Å². The summed E-state index contributed by atoms with van der Waals surface area (Å²) in [4.78, 5) is 11.9. The van der Waals surface area contributed by atoms with Gasteiger partial charge in [0.2, 0.25) is 0 Å². The maximum absolute atomic E-state index is 11.9. The summed E-state index contributed by atoms with van der Waals surface area (Å²) in [7, 11) is 0. The van der Waals surface area contributed by atoms with Crippen LogP contribution >= 0.6 is 31.9 Å². The Labute approximate surface area is 111 Å². The van der Waals surface area contributed by atoms with Gasteiger partial charge in [0.15, 0.2) is 0 Å². The maximum Gasteiger partial charge on any atom is 0.252 e. The molecule has 1 atom stereocenters. The lowest BCUT2D eigenvalue weighted by atomic mass is 10.2. The predicted octanol–water partition coefficient (Wildman–Crippen LogP) is 2.71. The van der Waals surface area contributed by atoms with Gasteiger partial charge in [0.25, 0.3) is 5.91 Å². The average Bonchev–Trinajstić information content (AvgIpc) is 2.28. The molecule has 3 nitrogen and oxygen atoms in total. The third-order valence-corrected chi connectivity index (χ3v) is 3.41. The minimum Gasteiger partial charge on any atom is -0.394 e. The van der Waals surface area contributed by atoms with Crippen LogP contribution in [0.2, 0.25) is 0 Å². The number of nitrogens with one attached hydrogen (secondary N) is 1. The molecule has 0 bridgehead atoms. The third-order valence-electron chi connectivity index (χ3n) is 2.22. The zero-order valence-corrected chi connectivity index (χ0v) is 12.0. The Balaban J connectivity index is 2.83. The van der Waals surface area contributed by atoms with Crippen molar-refractivity contribution in [1.82, 2.24) is 5.32 Å². The van der Waals surface area contributed by atoms with E-state index in [0.29, 0.717) is 12.0 Å². The van der Waals surface area contributed by atoms with Crippen LogP contribution in [0, 0.1) is 0 Å². The number of aliphatic hydroxyl groups excluding tert-OH is 1. The van der Waals surface area contributed by atoms with E-state index in [-0.39, 0.29) is 18.6 Å². The number of aliphatic hydroxyl groups is 1. The van der Waals surface area contributed by atoms with Crippen molar-refractivity contribution in [3.8, 4) is 0 Å². The summed E-state index contributed by atoms with van der Waals surface area (Å²) in [6.07, 6.45) is 0.702. The van der Waals surface area contributed by atoms with E-state index in [1.165, 1.54) is 0 Å². The Kier molecular flexibility index (Phi) is 5.44. The number of hydrogen-bond donors (Lipinski definition) is 2. The fourth-order valence-electron chi connectivity index (χ4n) is 1.21. The lowest BCUT2D eigenvalue weighted by Gasteiger charge is -2.14. The van der Waals surface area contributed by atoms with Crippen LogP contribution in [-0.4, -0.2) is 23.7 Å². The lowest BCUT2D eigenvalue weighted by molar-refractivity contribution is 0.0914. The number of hydrogen-bond acceptors (Lipinski definition) is 2. The molecule has 1 rings (SSSR count). The molecule has 1 aromatic rings. The second kappa shape index (κ2) is 6.37. The Morgan fingerprint density at radius 1 is 1.50 bits per heavy atom. The second-order valence-corrected chi connectivity index (χ2v) is 5.16. The molecular weight excluding hydrogens is 338 g/mol. The molecular formula is C11H13Br2NO2. The topological polar surface area (TPSA) is 49.3 Å². The molecule has 0 unspecified atom stereocenters. The molecule has 0 aliphatic heterocycles. The molecule has 16 heavy (non-hydrogen) atoms.